The Labute approximate surface area is 195 Å². The predicted molar refractivity (Wildman–Crippen MR) is 126 cm³/mol. The molecule has 2 aliphatic rings. The zero-order chi connectivity index (χ0) is 22.9. The molecule has 0 N–H and O–H groups in total. The van der Waals surface area contributed by atoms with Crippen LogP contribution < -0.4 is 4.90 Å². The van der Waals surface area contributed by atoms with Crippen molar-refractivity contribution in [3.63, 3.8) is 0 Å². The summed E-state index contributed by atoms with van der Waals surface area (Å²) < 4.78 is 12.6. The maximum Gasteiger partial charge on any atom is 0.347 e. The van der Waals surface area contributed by atoms with E-state index in [0.717, 1.165) is 23.9 Å². The highest BCUT2D eigenvalue weighted by Gasteiger charge is 2.36. The molecule has 0 radical (unpaired) electrons. The number of carbonyl (C=O) groups excluding carboxylic acids is 1. The fourth-order valence-electron chi connectivity index (χ4n) is 4.88. The Kier molecular flexibility index (Phi) is 6.03. The summed E-state index contributed by atoms with van der Waals surface area (Å²) in [5.41, 5.74) is 2.31. The smallest absolute Gasteiger partial charge is 0.347 e. The fraction of sp³-hybridized carbons (Fsp3) is 0.478. The first kappa shape index (κ1) is 21.8. The van der Waals surface area contributed by atoms with Gasteiger partial charge in [0.05, 0.1) is 42.6 Å². The Morgan fingerprint density at radius 1 is 1.24 bits per heavy atom. The van der Waals surface area contributed by atoms with Crippen LogP contribution in [0.25, 0.3) is 21.5 Å². The molecule has 2 fully saturated rings. The van der Waals surface area contributed by atoms with E-state index in [9.17, 15) is 14.9 Å². The first-order chi connectivity index (χ1) is 16.1. The fourth-order valence-corrected chi connectivity index (χ4v) is 6.18. The summed E-state index contributed by atoms with van der Waals surface area (Å²) in [6.07, 6.45) is 7.91. The number of aromatic nitrogens is 2. The van der Waals surface area contributed by atoms with Gasteiger partial charge in [-0.2, -0.15) is 0 Å². The number of nitro groups is 1. The molecular formula is C23H26N4O5S. The summed E-state index contributed by atoms with van der Waals surface area (Å²) >= 11 is 1.25. The normalized spacial score (nSPS) is 17.4. The molecule has 9 nitrogen and oxygen atoms in total. The molecule has 0 atom stereocenters. The molecule has 3 heterocycles. The molecule has 1 aliphatic heterocycles. The van der Waals surface area contributed by atoms with Crippen LogP contribution in [0.5, 0.6) is 0 Å². The Morgan fingerprint density at radius 2 is 2.00 bits per heavy atom. The van der Waals surface area contributed by atoms with Gasteiger partial charge in [0, 0.05) is 24.7 Å². The number of esters is 1. The zero-order valence-corrected chi connectivity index (χ0v) is 19.3. The third kappa shape index (κ3) is 3.97. The predicted octanol–water partition coefficient (Wildman–Crippen LogP) is 4.80. The lowest BCUT2D eigenvalue weighted by Crippen LogP contribution is -2.36. The Hall–Kier alpha value is -2.98. The van der Waals surface area contributed by atoms with Crippen LogP contribution in [0.1, 0.15) is 48.5 Å². The van der Waals surface area contributed by atoms with Crippen molar-refractivity contribution in [1.82, 2.24) is 9.55 Å². The van der Waals surface area contributed by atoms with Crippen LogP contribution in [0.15, 0.2) is 24.5 Å². The minimum atomic E-state index is -0.701. The minimum absolute atomic E-state index is 0.0113. The van der Waals surface area contributed by atoms with Crippen molar-refractivity contribution in [3.05, 3.63) is 40.2 Å². The lowest BCUT2D eigenvalue weighted by Gasteiger charge is -2.27. The van der Waals surface area contributed by atoms with Crippen molar-refractivity contribution >= 4 is 39.0 Å². The van der Waals surface area contributed by atoms with Crippen molar-refractivity contribution in [1.29, 1.82) is 0 Å². The van der Waals surface area contributed by atoms with E-state index in [1.54, 1.807) is 0 Å². The SMILES string of the molecule is COC(=O)c1c(N2CCOCC2)sc(-c2ccc3c(c2)ncn3C2CCCCC2)c1[N+](=O)[O-]. The molecule has 174 valence electrons. The number of thiophene rings is 1. The van der Waals surface area contributed by atoms with Crippen molar-refractivity contribution in [2.24, 2.45) is 0 Å². The average Bonchev–Trinajstić information content (AvgIpc) is 3.46. The molecule has 33 heavy (non-hydrogen) atoms. The van der Waals surface area contributed by atoms with E-state index in [0.29, 0.717) is 47.8 Å². The number of imidazole rings is 1. The lowest BCUT2D eigenvalue weighted by molar-refractivity contribution is -0.384. The third-order valence-corrected chi connectivity index (χ3v) is 7.83. The van der Waals surface area contributed by atoms with Crippen LogP contribution in [0.4, 0.5) is 10.7 Å². The molecule has 1 saturated heterocycles. The largest absolute Gasteiger partial charge is 0.465 e. The maximum absolute atomic E-state index is 12.6. The van der Waals surface area contributed by atoms with E-state index in [1.807, 2.05) is 29.4 Å². The van der Waals surface area contributed by atoms with Crippen LogP contribution in [0.3, 0.4) is 0 Å². The van der Waals surface area contributed by atoms with E-state index >= 15 is 0 Å². The van der Waals surface area contributed by atoms with Crippen molar-refractivity contribution in [2.75, 3.05) is 38.3 Å². The van der Waals surface area contributed by atoms with Gasteiger partial charge in [-0.25, -0.2) is 9.78 Å². The third-order valence-electron chi connectivity index (χ3n) is 6.54. The first-order valence-corrected chi connectivity index (χ1v) is 12.1. The van der Waals surface area contributed by atoms with Crippen LogP contribution in [-0.4, -0.2) is 53.9 Å². The quantitative estimate of drug-likeness (QED) is 0.300. The molecule has 10 heteroatoms. The number of benzene rings is 1. The van der Waals surface area contributed by atoms with Gasteiger partial charge in [-0.05, 0) is 25.0 Å². The van der Waals surface area contributed by atoms with Crippen LogP contribution in [-0.2, 0) is 9.47 Å². The van der Waals surface area contributed by atoms with E-state index in [4.69, 9.17) is 9.47 Å². The number of nitrogens with zero attached hydrogens (tertiary/aromatic N) is 4. The molecule has 1 aromatic carbocycles. The molecule has 0 bridgehead atoms. The van der Waals surface area contributed by atoms with Gasteiger partial charge in [-0.15, -0.1) is 11.3 Å². The number of rotatable bonds is 5. The average molecular weight is 471 g/mol. The van der Waals surface area contributed by atoms with Crippen molar-refractivity contribution in [3.8, 4) is 10.4 Å². The molecule has 0 unspecified atom stereocenters. The Bertz CT molecular complexity index is 1190. The van der Waals surface area contributed by atoms with Crippen molar-refractivity contribution < 1.29 is 19.2 Å². The van der Waals surface area contributed by atoms with Gasteiger partial charge in [0.15, 0.2) is 5.56 Å². The van der Waals surface area contributed by atoms with E-state index in [2.05, 4.69) is 9.55 Å². The number of fused-ring (bicyclic) bond motifs is 1. The van der Waals surface area contributed by atoms with Gasteiger partial charge in [-0.3, -0.25) is 10.1 Å². The molecule has 2 aromatic heterocycles. The summed E-state index contributed by atoms with van der Waals surface area (Å²) in [7, 11) is 1.25. The van der Waals surface area contributed by atoms with Crippen molar-refractivity contribution in [2.45, 2.75) is 38.1 Å². The van der Waals surface area contributed by atoms with Gasteiger partial charge < -0.3 is 18.9 Å². The Morgan fingerprint density at radius 3 is 2.70 bits per heavy atom. The number of hydrogen-bond acceptors (Lipinski definition) is 8. The highest BCUT2D eigenvalue weighted by molar-refractivity contribution is 7.20. The summed E-state index contributed by atoms with van der Waals surface area (Å²) in [6, 6.07) is 6.22. The van der Waals surface area contributed by atoms with Gasteiger partial charge in [0.1, 0.15) is 9.88 Å². The van der Waals surface area contributed by atoms with Gasteiger partial charge in [0.2, 0.25) is 0 Å². The molecular weight excluding hydrogens is 444 g/mol. The summed E-state index contributed by atoms with van der Waals surface area (Å²) in [4.78, 5) is 31.3. The zero-order valence-electron chi connectivity index (χ0n) is 18.5. The van der Waals surface area contributed by atoms with Gasteiger partial charge in [-0.1, -0.05) is 25.3 Å². The number of ether oxygens (including phenoxy) is 2. The minimum Gasteiger partial charge on any atom is -0.465 e. The lowest BCUT2D eigenvalue weighted by atomic mass is 9.95. The standard InChI is InChI=1S/C23H26N4O5S/c1-31-23(28)19-20(27(29)30)21(33-22(19)25-9-11-32-12-10-25)15-7-8-18-17(13-15)24-14-26(18)16-5-3-2-4-6-16/h7-8,13-14,16H,2-6,9-12H2,1H3. The number of hydrogen-bond donors (Lipinski definition) is 0. The molecule has 0 amide bonds. The van der Waals surface area contributed by atoms with Crippen LogP contribution in [0, 0.1) is 10.1 Å². The summed E-state index contributed by atoms with van der Waals surface area (Å²) in [5, 5.41) is 12.7. The number of methoxy groups -OCH3 is 1. The second-order valence-electron chi connectivity index (χ2n) is 8.46. The Balaban J connectivity index is 1.61. The second-order valence-corrected chi connectivity index (χ2v) is 9.45. The van der Waals surface area contributed by atoms with Crippen LogP contribution in [0.2, 0.25) is 0 Å². The van der Waals surface area contributed by atoms with E-state index in [1.165, 1.54) is 37.7 Å². The molecule has 3 aromatic rings. The van der Waals surface area contributed by atoms with Crippen LogP contribution >= 0.6 is 11.3 Å². The maximum atomic E-state index is 12.6. The highest BCUT2D eigenvalue weighted by atomic mass is 32.1. The summed E-state index contributed by atoms with van der Waals surface area (Å²) in [5.74, 6) is -0.701. The topological polar surface area (TPSA) is 99.7 Å². The molecule has 1 aliphatic carbocycles. The van der Waals surface area contributed by atoms with E-state index < -0.39 is 10.9 Å². The van der Waals surface area contributed by atoms with E-state index in [-0.39, 0.29) is 11.3 Å². The molecule has 0 spiro atoms. The number of anilines is 1. The monoisotopic (exact) mass is 470 g/mol. The first-order valence-electron chi connectivity index (χ1n) is 11.3. The van der Waals surface area contributed by atoms with Gasteiger partial charge in [0.25, 0.3) is 0 Å². The summed E-state index contributed by atoms with van der Waals surface area (Å²) in [6.45, 7) is 2.14. The second kappa shape index (κ2) is 9.11. The number of carbonyl (C=O) groups is 1. The highest BCUT2D eigenvalue weighted by Crippen LogP contribution is 2.48. The van der Waals surface area contributed by atoms with Gasteiger partial charge >= 0.3 is 11.7 Å². The number of morpholine rings is 1. The molecule has 5 rings (SSSR count). The molecule has 1 saturated carbocycles.